The zero-order valence-electron chi connectivity index (χ0n) is 25.0. The van der Waals surface area contributed by atoms with Crippen LogP contribution in [0.4, 0.5) is 4.39 Å². The van der Waals surface area contributed by atoms with E-state index in [1.54, 1.807) is 19.3 Å². The molecule has 0 aromatic heterocycles. The number of benzene rings is 2. The minimum absolute atomic E-state index is 0.0907. The molecule has 3 aliphatic rings. The molecule has 2 aromatic rings. The van der Waals surface area contributed by atoms with Gasteiger partial charge >= 0.3 is 0 Å². The number of methoxy groups -OCH3 is 1. The summed E-state index contributed by atoms with van der Waals surface area (Å²) in [5, 5.41) is 0. The van der Waals surface area contributed by atoms with Gasteiger partial charge in [0.15, 0.2) is 23.1 Å². The minimum atomic E-state index is -0.474. The summed E-state index contributed by atoms with van der Waals surface area (Å²) < 4.78 is 25.9. The van der Waals surface area contributed by atoms with Gasteiger partial charge in [0, 0.05) is 53.9 Å². The van der Waals surface area contributed by atoms with Gasteiger partial charge in [-0.2, -0.15) is 0 Å². The second-order valence-corrected chi connectivity index (χ2v) is 13.2. The SMILES string of the molecule is C=CCc1cc(C2C3=C(CC(C)(C)CC3=O)N(C)C3=C2C(=O)CC(C)(C)C3)cc(OC)c1OCc1cccc(F)c1. The van der Waals surface area contributed by atoms with Gasteiger partial charge in [-0.25, -0.2) is 4.39 Å². The van der Waals surface area contributed by atoms with E-state index in [4.69, 9.17) is 9.47 Å². The van der Waals surface area contributed by atoms with E-state index in [0.717, 1.165) is 46.5 Å². The van der Waals surface area contributed by atoms with Crippen molar-refractivity contribution in [2.24, 2.45) is 10.8 Å². The third-order valence-electron chi connectivity index (χ3n) is 8.52. The van der Waals surface area contributed by atoms with E-state index >= 15 is 0 Å². The molecule has 0 amide bonds. The lowest BCUT2D eigenvalue weighted by Crippen LogP contribution is -2.43. The van der Waals surface area contributed by atoms with E-state index in [1.807, 2.05) is 25.2 Å². The fraction of sp³-hybridized carbons (Fsp3) is 0.429. The monoisotopic (exact) mass is 557 g/mol. The van der Waals surface area contributed by atoms with Crippen molar-refractivity contribution in [2.45, 2.75) is 72.3 Å². The fourth-order valence-corrected chi connectivity index (χ4v) is 6.75. The molecule has 41 heavy (non-hydrogen) atoms. The van der Waals surface area contributed by atoms with Gasteiger partial charge in [-0.3, -0.25) is 9.59 Å². The molecule has 1 heterocycles. The van der Waals surface area contributed by atoms with Gasteiger partial charge in [0.2, 0.25) is 0 Å². The second-order valence-electron chi connectivity index (χ2n) is 13.2. The average Bonchev–Trinajstić information content (AvgIpc) is 2.88. The Balaban J connectivity index is 1.67. The molecule has 0 radical (unpaired) electrons. The minimum Gasteiger partial charge on any atom is -0.493 e. The van der Waals surface area contributed by atoms with Crippen molar-refractivity contribution in [3.05, 3.63) is 94.1 Å². The summed E-state index contributed by atoms with van der Waals surface area (Å²) in [4.78, 5) is 29.9. The predicted molar refractivity (Wildman–Crippen MR) is 158 cm³/mol. The average molecular weight is 558 g/mol. The van der Waals surface area contributed by atoms with Crippen LogP contribution in [0.15, 0.2) is 71.6 Å². The maximum Gasteiger partial charge on any atom is 0.165 e. The van der Waals surface area contributed by atoms with Gasteiger partial charge in [-0.1, -0.05) is 52.0 Å². The van der Waals surface area contributed by atoms with Crippen LogP contribution in [0.1, 0.15) is 76.0 Å². The maximum absolute atomic E-state index is 13.9. The summed E-state index contributed by atoms with van der Waals surface area (Å²) in [6.45, 7) is 12.6. The number of ketones is 2. The van der Waals surface area contributed by atoms with Gasteiger partial charge in [0.05, 0.1) is 7.11 Å². The highest BCUT2D eigenvalue weighted by Crippen LogP contribution is 2.54. The number of Topliss-reactive ketones (excluding diaryl/α,β-unsaturated/α-hetero) is 2. The zero-order chi connectivity index (χ0) is 29.7. The maximum atomic E-state index is 13.9. The first kappa shape index (κ1) is 28.8. The summed E-state index contributed by atoms with van der Waals surface area (Å²) in [5.41, 5.74) is 5.51. The summed E-state index contributed by atoms with van der Waals surface area (Å²) in [7, 11) is 3.59. The number of ether oxygens (including phenoxy) is 2. The molecule has 1 aliphatic heterocycles. The van der Waals surface area contributed by atoms with Gasteiger partial charge in [-0.05, 0) is 59.4 Å². The Labute approximate surface area is 242 Å². The number of rotatable bonds is 7. The van der Waals surface area contributed by atoms with Crippen LogP contribution in [0.25, 0.3) is 0 Å². The highest BCUT2D eigenvalue weighted by Gasteiger charge is 2.48. The van der Waals surface area contributed by atoms with Gasteiger partial charge < -0.3 is 14.4 Å². The molecule has 0 bridgehead atoms. The highest BCUT2D eigenvalue weighted by atomic mass is 19.1. The van der Waals surface area contributed by atoms with Crippen molar-refractivity contribution in [1.29, 1.82) is 0 Å². The fourth-order valence-electron chi connectivity index (χ4n) is 6.75. The van der Waals surface area contributed by atoms with E-state index in [2.05, 4.69) is 39.2 Å². The van der Waals surface area contributed by atoms with Gasteiger partial charge in [0.25, 0.3) is 0 Å². The quantitative estimate of drug-likeness (QED) is 0.331. The Morgan fingerprint density at radius 3 is 2.12 bits per heavy atom. The lowest BCUT2D eigenvalue weighted by atomic mass is 9.63. The van der Waals surface area contributed by atoms with E-state index in [0.29, 0.717) is 36.3 Å². The summed E-state index contributed by atoms with van der Waals surface area (Å²) in [6, 6.07) is 10.2. The summed E-state index contributed by atoms with van der Waals surface area (Å²) >= 11 is 0. The van der Waals surface area contributed by atoms with E-state index in [9.17, 15) is 14.0 Å². The number of carbonyl (C=O) groups is 2. The van der Waals surface area contributed by atoms with Crippen LogP contribution < -0.4 is 9.47 Å². The molecule has 0 N–H and O–H groups in total. The number of allylic oxidation sites excluding steroid dienone is 5. The van der Waals surface area contributed by atoms with Crippen molar-refractivity contribution in [1.82, 2.24) is 4.90 Å². The molecular formula is C35H40FNO4. The second kappa shape index (κ2) is 10.6. The molecular weight excluding hydrogens is 517 g/mol. The third-order valence-corrected chi connectivity index (χ3v) is 8.52. The normalized spacial score (nSPS) is 20.1. The molecule has 0 saturated carbocycles. The Morgan fingerprint density at radius 2 is 1.59 bits per heavy atom. The highest BCUT2D eigenvalue weighted by molar-refractivity contribution is 6.06. The first-order valence-electron chi connectivity index (χ1n) is 14.3. The van der Waals surface area contributed by atoms with Crippen LogP contribution in [0.5, 0.6) is 11.5 Å². The number of nitrogens with zero attached hydrogens (tertiary/aromatic N) is 1. The van der Waals surface area contributed by atoms with Crippen molar-refractivity contribution < 1.29 is 23.5 Å². The Hall–Kier alpha value is -3.67. The largest absolute Gasteiger partial charge is 0.493 e. The number of carbonyl (C=O) groups excluding carboxylic acids is 2. The van der Waals surface area contributed by atoms with Crippen LogP contribution in [0.2, 0.25) is 0 Å². The van der Waals surface area contributed by atoms with E-state index in [1.165, 1.54) is 12.1 Å². The molecule has 0 atom stereocenters. The number of hydrogen-bond donors (Lipinski definition) is 0. The molecule has 5 nitrogen and oxygen atoms in total. The zero-order valence-corrected chi connectivity index (χ0v) is 25.0. The van der Waals surface area contributed by atoms with Crippen LogP contribution in [0, 0.1) is 16.6 Å². The van der Waals surface area contributed by atoms with Gasteiger partial charge in [-0.15, -0.1) is 6.58 Å². The van der Waals surface area contributed by atoms with E-state index < -0.39 is 5.92 Å². The molecule has 0 spiro atoms. The van der Waals surface area contributed by atoms with Crippen LogP contribution in [0.3, 0.4) is 0 Å². The smallest absolute Gasteiger partial charge is 0.165 e. The number of hydrogen-bond acceptors (Lipinski definition) is 5. The number of halogens is 1. The van der Waals surface area contributed by atoms with Crippen LogP contribution >= 0.6 is 0 Å². The van der Waals surface area contributed by atoms with Crippen molar-refractivity contribution in [3.8, 4) is 11.5 Å². The predicted octanol–water partition coefficient (Wildman–Crippen LogP) is 7.46. The summed E-state index contributed by atoms with van der Waals surface area (Å²) in [5.74, 6) is 0.435. The molecule has 2 aromatic carbocycles. The molecule has 216 valence electrons. The molecule has 5 rings (SSSR count). The van der Waals surface area contributed by atoms with Crippen molar-refractivity contribution in [3.63, 3.8) is 0 Å². The molecule has 0 unspecified atom stereocenters. The first-order chi connectivity index (χ1) is 19.3. The molecule has 0 fully saturated rings. The van der Waals surface area contributed by atoms with E-state index in [-0.39, 0.29) is 34.8 Å². The Morgan fingerprint density at radius 1 is 0.976 bits per heavy atom. The lowest BCUT2D eigenvalue weighted by Gasteiger charge is -2.48. The third kappa shape index (κ3) is 5.49. The molecule has 0 saturated heterocycles. The lowest BCUT2D eigenvalue weighted by molar-refractivity contribution is -0.119. The first-order valence-corrected chi connectivity index (χ1v) is 14.3. The van der Waals surface area contributed by atoms with Gasteiger partial charge in [0.1, 0.15) is 12.4 Å². The summed E-state index contributed by atoms with van der Waals surface area (Å²) in [6.07, 6.45) is 4.68. The van der Waals surface area contributed by atoms with Crippen LogP contribution in [-0.2, 0) is 22.6 Å². The van der Waals surface area contributed by atoms with Crippen molar-refractivity contribution in [2.75, 3.05) is 14.2 Å². The Bertz CT molecular complexity index is 1440. The standard InChI is InChI=1S/C35H40FNO4/c1-8-10-22-14-23(15-29(40-7)33(22)41-20-21-11-9-12-24(36)13-21)30-31-25(16-34(2,3)18-27(31)38)37(6)26-17-35(4,5)19-28(39)32(26)30/h8-9,11-15,30H,1,10,16-20H2,2-7H3. The Kier molecular flexibility index (Phi) is 7.47. The van der Waals surface area contributed by atoms with Crippen LogP contribution in [-0.4, -0.2) is 30.6 Å². The molecule has 6 heteroatoms. The molecule has 2 aliphatic carbocycles. The topological polar surface area (TPSA) is 55.8 Å². The van der Waals surface area contributed by atoms with Crippen molar-refractivity contribution >= 4 is 11.6 Å².